The van der Waals surface area contributed by atoms with E-state index in [1.165, 1.54) is 11.8 Å². The number of carbonyl (C=O) groups excluding carboxylic acids is 1. The van der Waals surface area contributed by atoms with E-state index in [0.717, 1.165) is 11.4 Å². The number of benzene rings is 1. The van der Waals surface area contributed by atoms with E-state index in [4.69, 9.17) is 11.6 Å². The second-order valence-corrected chi connectivity index (χ2v) is 6.64. The molecule has 0 unspecified atom stereocenters. The monoisotopic (exact) mass is 362 g/mol. The second kappa shape index (κ2) is 8.80. The lowest BCUT2D eigenvalue weighted by molar-refractivity contribution is 0.101. The highest BCUT2D eigenvalue weighted by Crippen LogP contribution is 2.22. The fourth-order valence-corrected chi connectivity index (χ4v) is 2.80. The summed E-state index contributed by atoms with van der Waals surface area (Å²) in [6.07, 6.45) is 3.31. The van der Waals surface area contributed by atoms with Crippen molar-refractivity contribution in [3.8, 4) is 0 Å². The maximum atomic E-state index is 12.3. The third-order valence-corrected chi connectivity index (χ3v) is 4.49. The third kappa shape index (κ3) is 5.32. The first-order valence-electron chi connectivity index (χ1n) is 7.49. The van der Waals surface area contributed by atoms with Gasteiger partial charge in [-0.2, -0.15) is 0 Å². The van der Waals surface area contributed by atoms with Crippen LogP contribution >= 0.6 is 23.4 Å². The fourth-order valence-electron chi connectivity index (χ4n) is 1.73. The van der Waals surface area contributed by atoms with Crippen molar-refractivity contribution < 1.29 is 4.79 Å². The average molecular weight is 363 g/mol. The number of ketones is 1. The van der Waals surface area contributed by atoms with Crippen molar-refractivity contribution in [2.24, 2.45) is 4.99 Å². The molecule has 5 nitrogen and oxygen atoms in total. The van der Waals surface area contributed by atoms with Crippen LogP contribution in [0.15, 0.2) is 40.4 Å². The second-order valence-electron chi connectivity index (χ2n) is 5.15. The number of rotatable bonds is 7. The van der Waals surface area contributed by atoms with Crippen LogP contribution in [0, 0.1) is 6.92 Å². The van der Waals surface area contributed by atoms with Crippen LogP contribution in [0.25, 0.3) is 0 Å². The summed E-state index contributed by atoms with van der Waals surface area (Å²) < 4.78 is 0. The summed E-state index contributed by atoms with van der Waals surface area (Å²) in [4.78, 5) is 27.9. The van der Waals surface area contributed by atoms with E-state index < -0.39 is 0 Å². The summed E-state index contributed by atoms with van der Waals surface area (Å²) in [6.45, 7) is 4.72. The summed E-state index contributed by atoms with van der Waals surface area (Å²) in [5.74, 6) is 0.357. The minimum atomic E-state index is -0.121. The summed E-state index contributed by atoms with van der Waals surface area (Å²) in [5, 5.41) is 0.652. The molecule has 1 heterocycles. The first kappa shape index (κ1) is 18.4. The molecule has 0 spiro atoms. The number of aliphatic imine (C=N–C) groups is 1. The van der Waals surface area contributed by atoms with Crippen LogP contribution in [0.4, 0.5) is 5.69 Å². The molecular formula is C17H19ClN4OS. The summed E-state index contributed by atoms with van der Waals surface area (Å²) >= 11 is 7.35. The molecule has 0 radical (unpaired) electrons. The number of nitrogens with zero attached hydrogens (tertiary/aromatic N) is 4. The summed E-state index contributed by atoms with van der Waals surface area (Å²) in [5.41, 5.74) is 1.34. The third-order valence-electron chi connectivity index (χ3n) is 3.26. The van der Waals surface area contributed by atoms with Crippen LogP contribution in [0.5, 0.6) is 0 Å². The number of hydrogen-bond donors (Lipinski definition) is 0. The number of Topliss-reactive ketones (excluding diaryl/α,β-unsaturated/α-hetero) is 1. The maximum Gasteiger partial charge on any atom is 0.210 e. The van der Waals surface area contributed by atoms with Crippen LogP contribution in [-0.2, 0) is 0 Å². The molecule has 1 aromatic carbocycles. The molecule has 0 atom stereocenters. The maximum absolute atomic E-state index is 12.3. The van der Waals surface area contributed by atoms with Gasteiger partial charge in [0.1, 0.15) is 5.69 Å². The number of aryl methyl sites for hydroxylation is 1. The molecule has 2 rings (SSSR count). The molecule has 0 N–H and O–H groups in total. The van der Waals surface area contributed by atoms with Gasteiger partial charge in [-0.15, -0.1) is 11.8 Å². The highest BCUT2D eigenvalue weighted by atomic mass is 35.5. The Balaban J connectivity index is 2.02. The highest BCUT2D eigenvalue weighted by molar-refractivity contribution is 8.00. The van der Waals surface area contributed by atoms with Crippen molar-refractivity contribution in [1.82, 2.24) is 14.9 Å². The van der Waals surface area contributed by atoms with E-state index >= 15 is 0 Å². The number of halogens is 1. The lowest BCUT2D eigenvalue weighted by atomic mass is 10.3. The molecule has 1 aromatic heterocycles. The van der Waals surface area contributed by atoms with Crippen molar-refractivity contribution in [1.29, 1.82) is 0 Å². The number of thioether (sulfide) groups is 1. The molecule has 24 heavy (non-hydrogen) atoms. The lowest BCUT2D eigenvalue weighted by Crippen LogP contribution is -2.14. The normalized spacial score (nSPS) is 11.0. The molecule has 0 fully saturated rings. The number of hydrogen-bond acceptors (Lipinski definition) is 5. The van der Waals surface area contributed by atoms with Gasteiger partial charge in [0.15, 0.2) is 5.82 Å². The Labute approximate surface area is 151 Å². The van der Waals surface area contributed by atoms with Gasteiger partial charge < -0.3 is 4.90 Å². The van der Waals surface area contributed by atoms with Crippen LogP contribution < -0.4 is 0 Å². The molecular weight excluding hydrogens is 344 g/mol. The van der Waals surface area contributed by atoms with Gasteiger partial charge in [0, 0.05) is 23.5 Å². The molecule has 0 aliphatic rings. The molecule has 0 saturated carbocycles. The molecule has 0 aliphatic heterocycles. The van der Waals surface area contributed by atoms with Crippen LogP contribution in [0.1, 0.15) is 23.2 Å². The quantitative estimate of drug-likeness (QED) is 0.322. The van der Waals surface area contributed by atoms with Gasteiger partial charge in [-0.25, -0.2) is 15.0 Å². The van der Waals surface area contributed by atoms with Crippen molar-refractivity contribution >= 4 is 41.2 Å². The van der Waals surface area contributed by atoms with Gasteiger partial charge in [0.25, 0.3) is 0 Å². The minimum Gasteiger partial charge on any atom is -0.366 e. The van der Waals surface area contributed by atoms with E-state index in [9.17, 15) is 4.79 Å². The zero-order valence-electron chi connectivity index (χ0n) is 13.9. The molecule has 126 valence electrons. The first-order valence-corrected chi connectivity index (χ1v) is 8.85. The van der Waals surface area contributed by atoms with Gasteiger partial charge in [-0.3, -0.25) is 4.79 Å². The number of carbonyl (C=O) groups is 1. The predicted octanol–water partition coefficient (Wildman–Crippen LogP) is 4.02. The average Bonchev–Trinajstić information content (AvgIpc) is 2.58. The zero-order valence-corrected chi connectivity index (χ0v) is 15.4. The minimum absolute atomic E-state index is 0.121. The van der Waals surface area contributed by atoms with E-state index in [1.807, 2.05) is 44.0 Å². The van der Waals surface area contributed by atoms with Crippen molar-refractivity contribution in [3.05, 3.63) is 47.0 Å². The van der Waals surface area contributed by atoms with Crippen molar-refractivity contribution in [2.45, 2.75) is 18.7 Å². The smallest absolute Gasteiger partial charge is 0.210 e. The van der Waals surface area contributed by atoms with E-state index in [2.05, 4.69) is 15.0 Å². The molecule has 2 aromatic rings. The van der Waals surface area contributed by atoms with E-state index in [-0.39, 0.29) is 17.4 Å². The Morgan fingerprint density at radius 3 is 2.92 bits per heavy atom. The number of aromatic nitrogens is 2. The Kier molecular flexibility index (Phi) is 6.75. The summed E-state index contributed by atoms with van der Waals surface area (Å²) in [7, 11) is 1.94. The zero-order chi connectivity index (χ0) is 17.5. The SMILES string of the molecule is CCN(C)/C=N\c1cnc(C(=O)CSc2cccc(Cl)c2)nc1C. The van der Waals surface area contributed by atoms with E-state index in [0.29, 0.717) is 16.4 Å². The van der Waals surface area contributed by atoms with Crippen LogP contribution in [-0.4, -0.2) is 46.3 Å². The molecule has 0 bridgehead atoms. The lowest BCUT2D eigenvalue weighted by Gasteiger charge is -2.08. The Hall–Kier alpha value is -1.92. The fraction of sp³-hybridized carbons (Fsp3) is 0.294. The molecule has 0 aliphatic carbocycles. The van der Waals surface area contributed by atoms with Crippen LogP contribution in [0.3, 0.4) is 0 Å². The van der Waals surface area contributed by atoms with Gasteiger partial charge in [-0.05, 0) is 32.0 Å². The van der Waals surface area contributed by atoms with Crippen molar-refractivity contribution in [3.63, 3.8) is 0 Å². The van der Waals surface area contributed by atoms with Gasteiger partial charge >= 0.3 is 0 Å². The molecule has 0 saturated heterocycles. The van der Waals surface area contributed by atoms with Crippen LogP contribution in [0.2, 0.25) is 5.02 Å². The van der Waals surface area contributed by atoms with Gasteiger partial charge in [0.05, 0.1) is 24.0 Å². The van der Waals surface area contributed by atoms with Gasteiger partial charge in [-0.1, -0.05) is 17.7 Å². The topological polar surface area (TPSA) is 58.5 Å². The molecule has 0 amide bonds. The van der Waals surface area contributed by atoms with Gasteiger partial charge in [0.2, 0.25) is 5.78 Å². The Morgan fingerprint density at radius 2 is 2.25 bits per heavy atom. The Morgan fingerprint density at radius 1 is 1.46 bits per heavy atom. The molecule has 7 heteroatoms. The first-order chi connectivity index (χ1) is 11.5. The summed E-state index contributed by atoms with van der Waals surface area (Å²) in [6, 6.07) is 7.40. The highest BCUT2D eigenvalue weighted by Gasteiger charge is 2.12. The standard InChI is InChI=1S/C17H19ClN4OS/c1-4-22(3)11-20-15-9-19-17(21-12(15)2)16(23)10-24-14-7-5-6-13(18)8-14/h5-9,11H,4,10H2,1-3H3/b20-11-. The van der Waals surface area contributed by atoms with Crippen molar-refractivity contribution in [2.75, 3.05) is 19.3 Å². The predicted molar refractivity (Wildman–Crippen MR) is 99.7 cm³/mol. The van der Waals surface area contributed by atoms with E-state index in [1.54, 1.807) is 18.6 Å². The Bertz CT molecular complexity index is 751. The largest absolute Gasteiger partial charge is 0.366 e.